The minimum absolute atomic E-state index is 0.341. The van der Waals surface area contributed by atoms with Crippen LogP contribution in [0.4, 0.5) is 0 Å². The first kappa shape index (κ1) is 11.3. The molecule has 0 aliphatic heterocycles. The van der Waals surface area contributed by atoms with Gasteiger partial charge < -0.3 is 4.74 Å². The zero-order valence-corrected chi connectivity index (χ0v) is 9.13. The smallest absolute Gasteiger partial charge is 0.338 e. The standard InChI is InChI=1S/C12H13NO2/c1-4-15-12(14)10-6-5-8(2)11(7-13)9(10)3/h5-6H,4H2,1-3H3. The number of benzene rings is 1. The summed E-state index contributed by atoms with van der Waals surface area (Å²) in [5.41, 5.74) is 2.60. The Morgan fingerprint density at radius 2 is 2.13 bits per heavy atom. The molecule has 3 nitrogen and oxygen atoms in total. The number of esters is 1. The molecular formula is C12H13NO2. The maximum Gasteiger partial charge on any atom is 0.338 e. The van der Waals surface area contributed by atoms with Gasteiger partial charge in [0.05, 0.1) is 23.8 Å². The van der Waals surface area contributed by atoms with Crippen LogP contribution in [0.25, 0.3) is 0 Å². The molecule has 78 valence electrons. The number of nitrogens with zero attached hydrogens (tertiary/aromatic N) is 1. The lowest BCUT2D eigenvalue weighted by Crippen LogP contribution is -2.08. The molecule has 0 saturated heterocycles. The highest BCUT2D eigenvalue weighted by Crippen LogP contribution is 2.18. The van der Waals surface area contributed by atoms with Crippen LogP contribution in [0.5, 0.6) is 0 Å². The minimum atomic E-state index is -0.369. The second-order valence-corrected chi connectivity index (χ2v) is 3.26. The van der Waals surface area contributed by atoms with Crippen LogP contribution >= 0.6 is 0 Å². The fraction of sp³-hybridized carbons (Fsp3) is 0.333. The Hall–Kier alpha value is -1.82. The Morgan fingerprint density at radius 1 is 1.47 bits per heavy atom. The van der Waals surface area contributed by atoms with E-state index >= 15 is 0 Å². The molecule has 0 spiro atoms. The van der Waals surface area contributed by atoms with Gasteiger partial charge in [0.1, 0.15) is 0 Å². The summed E-state index contributed by atoms with van der Waals surface area (Å²) in [6.07, 6.45) is 0. The number of hydrogen-bond donors (Lipinski definition) is 0. The van der Waals surface area contributed by atoms with Gasteiger partial charge in [0.15, 0.2) is 0 Å². The molecule has 0 aromatic heterocycles. The van der Waals surface area contributed by atoms with Crippen LogP contribution in [0.1, 0.15) is 34.0 Å². The van der Waals surface area contributed by atoms with E-state index in [-0.39, 0.29) is 5.97 Å². The van der Waals surface area contributed by atoms with Gasteiger partial charge in [-0.25, -0.2) is 4.79 Å². The number of ether oxygens (including phenoxy) is 1. The molecule has 0 N–H and O–H groups in total. The number of hydrogen-bond acceptors (Lipinski definition) is 3. The Kier molecular flexibility index (Phi) is 3.46. The SMILES string of the molecule is CCOC(=O)c1ccc(C)c(C#N)c1C. The fourth-order valence-electron chi connectivity index (χ4n) is 1.45. The van der Waals surface area contributed by atoms with Crippen LogP contribution in [0.15, 0.2) is 12.1 Å². The fourth-order valence-corrected chi connectivity index (χ4v) is 1.45. The van der Waals surface area contributed by atoms with Crippen LogP contribution in [-0.2, 0) is 4.74 Å². The van der Waals surface area contributed by atoms with Gasteiger partial charge in [-0.3, -0.25) is 0 Å². The Labute approximate surface area is 89.3 Å². The van der Waals surface area contributed by atoms with Gasteiger partial charge in [0.2, 0.25) is 0 Å². The molecule has 3 heteroatoms. The van der Waals surface area contributed by atoms with Crippen molar-refractivity contribution in [1.82, 2.24) is 0 Å². The Bertz CT molecular complexity index is 430. The average molecular weight is 203 g/mol. The Morgan fingerprint density at radius 3 is 2.67 bits per heavy atom. The van der Waals surface area contributed by atoms with Crippen molar-refractivity contribution in [2.24, 2.45) is 0 Å². The van der Waals surface area contributed by atoms with Crippen molar-refractivity contribution in [3.05, 3.63) is 34.4 Å². The molecule has 1 aromatic rings. The monoisotopic (exact) mass is 203 g/mol. The summed E-state index contributed by atoms with van der Waals surface area (Å²) < 4.78 is 4.90. The van der Waals surface area contributed by atoms with Crippen molar-refractivity contribution < 1.29 is 9.53 Å². The molecule has 0 bridgehead atoms. The number of nitriles is 1. The summed E-state index contributed by atoms with van der Waals surface area (Å²) in [6.45, 7) is 5.71. The van der Waals surface area contributed by atoms with Gasteiger partial charge in [0, 0.05) is 0 Å². The number of carbonyl (C=O) groups excluding carboxylic acids is 1. The van der Waals surface area contributed by atoms with Crippen molar-refractivity contribution in [2.45, 2.75) is 20.8 Å². The topological polar surface area (TPSA) is 50.1 Å². The summed E-state index contributed by atoms with van der Waals surface area (Å²) in [6, 6.07) is 5.55. The zero-order valence-electron chi connectivity index (χ0n) is 9.13. The molecule has 0 atom stereocenters. The minimum Gasteiger partial charge on any atom is -0.462 e. The predicted molar refractivity (Wildman–Crippen MR) is 56.6 cm³/mol. The van der Waals surface area contributed by atoms with E-state index in [0.29, 0.717) is 23.3 Å². The first-order chi connectivity index (χ1) is 7.11. The molecular weight excluding hydrogens is 190 g/mol. The first-order valence-electron chi connectivity index (χ1n) is 4.79. The zero-order chi connectivity index (χ0) is 11.4. The van der Waals surface area contributed by atoms with Crippen molar-refractivity contribution in [3.8, 4) is 6.07 Å². The molecule has 0 amide bonds. The molecule has 0 radical (unpaired) electrons. The third-order valence-corrected chi connectivity index (χ3v) is 2.28. The van der Waals surface area contributed by atoms with Crippen LogP contribution in [0.2, 0.25) is 0 Å². The third kappa shape index (κ3) is 2.16. The maximum atomic E-state index is 11.5. The predicted octanol–water partition coefficient (Wildman–Crippen LogP) is 2.35. The van der Waals surface area contributed by atoms with Crippen LogP contribution < -0.4 is 0 Å². The molecule has 0 heterocycles. The van der Waals surface area contributed by atoms with Gasteiger partial charge in [-0.15, -0.1) is 0 Å². The molecule has 0 aliphatic carbocycles. The van der Waals surface area contributed by atoms with Crippen molar-refractivity contribution >= 4 is 5.97 Å². The van der Waals surface area contributed by atoms with Crippen LogP contribution in [0, 0.1) is 25.2 Å². The van der Waals surface area contributed by atoms with E-state index in [1.54, 1.807) is 26.0 Å². The van der Waals surface area contributed by atoms with E-state index in [9.17, 15) is 4.79 Å². The summed E-state index contributed by atoms with van der Waals surface area (Å²) >= 11 is 0. The first-order valence-corrected chi connectivity index (χ1v) is 4.79. The van der Waals surface area contributed by atoms with E-state index < -0.39 is 0 Å². The number of aryl methyl sites for hydroxylation is 1. The lowest BCUT2D eigenvalue weighted by molar-refractivity contribution is 0.0525. The van der Waals surface area contributed by atoms with Gasteiger partial charge in [-0.05, 0) is 38.0 Å². The van der Waals surface area contributed by atoms with E-state index in [1.807, 2.05) is 6.92 Å². The highest BCUT2D eigenvalue weighted by molar-refractivity contribution is 5.91. The van der Waals surface area contributed by atoms with Crippen LogP contribution in [-0.4, -0.2) is 12.6 Å². The van der Waals surface area contributed by atoms with Gasteiger partial charge in [0.25, 0.3) is 0 Å². The second kappa shape index (κ2) is 4.61. The van der Waals surface area contributed by atoms with E-state index in [1.165, 1.54) is 0 Å². The summed E-state index contributed by atoms with van der Waals surface area (Å²) in [7, 11) is 0. The number of rotatable bonds is 2. The molecule has 0 aliphatic rings. The quantitative estimate of drug-likeness (QED) is 0.693. The van der Waals surface area contributed by atoms with Crippen LogP contribution in [0.3, 0.4) is 0 Å². The summed E-state index contributed by atoms with van der Waals surface area (Å²) in [5, 5.41) is 8.93. The third-order valence-electron chi connectivity index (χ3n) is 2.28. The van der Waals surface area contributed by atoms with Crippen molar-refractivity contribution in [1.29, 1.82) is 5.26 Å². The van der Waals surface area contributed by atoms with E-state index in [0.717, 1.165) is 5.56 Å². The van der Waals surface area contributed by atoms with Gasteiger partial charge in [-0.1, -0.05) is 6.07 Å². The van der Waals surface area contributed by atoms with Gasteiger partial charge >= 0.3 is 5.97 Å². The average Bonchev–Trinajstić information content (AvgIpc) is 2.18. The van der Waals surface area contributed by atoms with Crippen molar-refractivity contribution in [3.63, 3.8) is 0 Å². The molecule has 1 aromatic carbocycles. The molecule has 1 rings (SSSR count). The highest BCUT2D eigenvalue weighted by atomic mass is 16.5. The van der Waals surface area contributed by atoms with Crippen molar-refractivity contribution in [2.75, 3.05) is 6.61 Å². The molecule has 15 heavy (non-hydrogen) atoms. The summed E-state index contributed by atoms with van der Waals surface area (Å²) in [5.74, 6) is -0.369. The molecule has 0 unspecified atom stereocenters. The normalized spacial score (nSPS) is 9.47. The largest absolute Gasteiger partial charge is 0.462 e. The molecule has 0 fully saturated rings. The lowest BCUT2D eigenvalue weighted by Gasteiger charge is -2.08. The van der Waals surface area contributed by atoms with E-state index in [4.69, 9.17) is 10.00 Å². The van der Waals surface area contributed by atoms with E-state index in [2.05, 4.69) is 6.07 Å². The lowest BCUT2D eigenvalue weighted by atomic mass is 9.99. The maximum absolute atomic E-state index is 11.5. The number of carbonyl (C=O) groups is 1. The highest BCUT2D eigenvalue weighted by Gasteiger charge is 2.13. The second-order valence-electron chi connectivity index (χ2n) is 3.26. The molecule has 0 saturated carbocycles. The Balaban J connectivity index is 3.23. The summed E-state index contributed by atoms with van der Waals surface area (Å²) in [4.78, 5) is 11.5. The van der Waals surface area contributed by atoms with Gasteiger partial charge in [-0.2, -0.15) is 5.26 Å².